The summed E-state index contributed by atoms with van der Waals surface area (Å²) in [7, 11) is 0. The lowest BCUT2D eigenvalue weighted by atomic mass is 10.1. The fourth-order valence-electron chi connectivity index (χ4n) is 2.55. The Morgan fingerprint density at radius 2 is 1.27 bits per heavy atom. The molecule has 106 valence electrons. The van der Waals surface area contributed by atoms with Gasteiger partial charge in [-0.05, 0) is 28.6 Å². The molecule has 0 unspecified atom stereocenters. The smallest absolute Gasteiger partial charge is 0.0435 e. The fourth-order valence-corrected chi connectivity index (χ4v) is 4.55. The van der Waals surface area contributed by atoms with Gasteiger partial charge < -0.3 is 0 Å². The van der Waals surface area contributed by atoms with Crippen molar-refractivity contribution in [3.63, 3.8) is 0 Å². The molecule has 0 atom stereocenters. The number of rotatable bonds is 3. The van der Waals surface area contributed by atoms with Crippen LogP contribution in [0, 0.1) is 0 Å². The van der Waals surface area contributed by atoms with Gasteiger partial charge in [0.25, 0.3) is 0 Å². The Kier molecular flexibility index (Phi) is 3.63. The third-order valence-electron chi connectivity index (χ3n) is 3.61. The summed E-state index contributed by atoms with van der Waals surface area (Å²) in [6.45, 7) is 0. The van der Waals surface area contributed by atoms with Crippen molar-refractivity contribution in [3.05, 3.63) is 84.2 Å². The van der Waals surface area contributed by atoms with Crippen LogP contribution in [0.5, 0.6) is 0 Å². The molecule has 2 heterocycles. The normalized spacial score (nSPS) is 10.7. The van der Waals surface area contributed by atoms with Crippen molar-refractivity contribution >= 4 is 22.7 Å². The Labute approximate surface area is 138 Å². The van der Waals surface area contributed by atoms with Crippen molar-refractivity contribution in [3.8, 4) is 31.3 Å². The van der Waals surface area contributed by atoms with E-state index in [0.29, 0.717) is 0 Å². The summed E-state index contributed by atoms with van der Waals surface area (Å²) < 4.78 is 0. The maximum absolute atomic E-state index is 2.33. The molecular weight excluding hydrogens is 304 g/mol. The first-order valence-corrected chi connectivity index (χ1v) is 8.90. The van der Waals surface area contributed by atoms with Gasteiger partial charge in [-0.15, -0.1) is 22.7 Å². The highest BCUT2D eigenvalue weighted by molar-refractivity contribution is 7.20. The molecule has 0 radical (unpaired) electrons. The van der Waals surface area contributed by atoms with Gasteiger partial charge in [0.05, 0.1) is 0 Å². The lowest BCUT2D eigenvalue weighted by molar-refractivity contribution is 1.69. The van der Waals surface area contributed by atoms with Crippen molar-refractivity contribution in [2.24, 2.45) is 0 Å². The molecule has 2 heteroatoms. The lowest BCUT2D eigenvalue weighted by Gasteiger charge is -2.01. The summed E-state index contributed by atoms with van der Waals surface area (Å²) in [4.78, 5) is 4.00. The first kappa shape index (κ1) is 13.5. The number of hydrogen-bond acceptors (Lipinski definition) is 2. The SMILES string of the molecule is c1ccc(-c2cc(-c3cccs3)c(-c3ccccc3)s2)cc1. The van der Waals surface area contributed by atoms with Gasteiger partial charge in [-0.3, -0.25) is 0 Å². The highest BCUT2D eigenvalue weighted by atomic mass is 32.1. The highest BCUT2D eigenvalue weighted by Gasteiger charge is 2.14. The fraction of sp³-hybridized carbons (Fsp3) is 0. The first-order valence-electron chi connectivity index (χ1n) is 7.20. The van der Waals surface area contributed by atoms with Crippen LogP contribution in [0.2, 0.25) is 0 Å². The van der Waals surface area contributed by atoms with E-state index in [9.17, 15) is 0 Å². The van der Waals surface area contributed by atoms with E-state index < -0.39 is 0 Å². The first-order chi connectivity index (χ1) is 10.9. The van der Waals surface area contributed by atoms with Crippen LogP contribution < -0.4 is 0 Å². The molecule has 22 heavy (non-hydrogen) atoms. The third kappa shape index (κ3) is 2.52. The summed E-state index contributed by atoms with van der Waals surface area (Å²) in [6.07, 6.45) is 0. The van der Waals surface area contributed by atoms with E-state index in [1.807, 2.05) is 11.3 Å². The molecule has 2 aromatic carbocycles. The second-order valence-corrected chi connectivity index (χ2v) is 7.06. The van der Waals surface area contributed by atoms with Gasteiger partial charge in [0.2, 0.25) is 0 Å². The average molecular weight is 318 g/mol. The predicted octanol–water partition coefficient (Wildman–Crippen LogP) is 6.81. The second-order valence-electron chi connectivity index (χ2n) is 5.06. The summed E-state index contributed by atoms with van der Waals surface area (Å²) in [5.74, 6) is 0. The van der Waals surface area contributed by atoms with E-state index in [4.69, 9.17) is 0 Å². The maximum atomic E-state index is 2.33. The molecule has 0 aliphatic carbocycles. The van der Waals surface area contributed by atoms with E-state index in [2.05, 4.69) is 84.2 Å². The number of hydrogen-bond donors (Lipinski definition) is 0. The molecule has 0 spiro atoms. The molecule has 0 aliphatic heterocycles. The van der Waals surface area contributed by atoms with Crippen molar-refractivity contribution in [2.45, 2.75) is 0 Å². The summed E-state index contributed by atoms with van der Waals surface area (Å²) in [5.41, 5.74) is 3.91. The molecule has 0 fully saturated rings. The van der Waals surface area contributed by atoms with Gasteiger partial charge in [0, 0.05) is 20.2 Å². The zero-order valence-corrected chi connectivity index (χ0v) is 13.5. The van der Waals surface area contributed by atoms with Crippen molar-refractivity contribution in [2.75, 3.05) is 0 Å². The Bertz CT molecular complexity index is 857. The summed E-state index contributed by atoms with van der Waals surface area (Å²) in [5, 5.41) is 2.14. The van der Waals surface area contributed by atoms with Gasteiger partial charge >= 0.3 is 0 Å². The highest BCUT2D eigenvalue weighted by Crippen LogP contribution is 2.44. The minimum absolute atomic E-state index is 1.28. The molecule has 0 saturated heterocycles. The standard InChI is InChI=1S/C20H14S2/c1-3-8-15(9-4-1)19-14-17(18-12-7-13-21-18)20(22-19)16-10-5-2-6-11-16/h1-14H. The summed E-state index contributed by atoms with van der Waals surface area (Å²) >= 11 is 3.67. The largest absolute Gasteiger partial charge is 0.144 e. The topological polar surface area (TPSA) is 0 Å². The van der Waals surface area contributed by atoms with Crippen LogP contribution >= 0.6 is 22.7 Å². The van der Waals surface area contributed by atoms with Crippen LogP contribution in [0.15, 0.2) is 84.2 Å². The summed E-state index contributed by atoms with van der Waals surface area (Å²) in [6, 6.07) is 27.9. The van der Waals surface area contributed by atoms with Gasteiger partial charge in [-0.2, -0.15) is 0 Å². The average Bonchev–Trinajstić information content (AvgIpc) is 3.26. The van der Waals surface area contributed by atoms with Crippen LogP contribution in [0.3, 0.4) is 0 Å². The second kappa shape index (κ2) is 5.91. The van der Waals surface area contributed by atoms with E-state index >= 15 is 0 Å². The quantitative estimate of drug-likeness (QED) is 0.389. The van der Waals surface area contributed by atoms with Crippen molar-refractivity contribution in [1.82, 2.24) is 0 Å². The monoisotopic (exact) mass is 318 g/mol. The molecule has 0 bridgehead atoms. The molecule has 0 saturated carbocycles. The predicted molar refractivity (Wildman–Crippen MR) is 98.5 cm³/mol. The van der Waals surface area contributed by atoms with E-state index in [-0.39, 0.29) is 0 Å². The van der Waals surface area contributed by atoms with E-state index in [1.165, 1.54) is 31.3 Å². The third-order valence-corrected chi connectivity index (χ3v) is 5.75. The van der Waals surface area contributed by atoms with Gasteiger partial charge in [-0.1, -0.05) is 66.7 Å². The molecule has 4 rings (SSSR count). The molecule has 0 amide bonds. The van der Waals surface area contributed by atoms with Crippen LogP contribution in [0.1, 0.15) is 0 Å². The van der Waals surface area contributed by atoms with Crippen LogP contribution in [-0.2, 0) is 0 Å². The van der Waals surface area contributed by atoms with E-state index in [0.717, 1.165) is 0 Å². The molecule has 0 N–H and O–H groups in total. The number of benzene rings is 2. The Balaban J connectivity index is 1.91. The van der Waals surface area contributed by atoms with Gasteiger partial charge in [0.15, 0.2) is 0 Å². The van der Waals surface area contributed by atoms with Crippen molar-refractivity contribution in [1.29, 1.82) is 0 Å². The molecule has 4 aromatic rings. The lowest BCUT2D eigenvalue weighted by Crippen LogP contribution is -1.74. The zero-order chi connectivity index (χ0) is 14.8. The molecule has 2 aromatic heterocycles. The van der Waals surface area contributed by atoms with Crippen molar-refractivity contribution < 1.29 is 0 Å². The zero-order valence-electron chi connectivity index (χ0n) is 11.9. The van der Waals surface area contributed by atoms with Crippen LogP contribution in [0.25, 0.3) is 31.3 Å². The van der Waals surface area contributed by atoms with Crippen LogP contribution in [0.4, 0.5) is 0 Å². The molecule has 0 aliphatic rings. The molecule has 0 nitrogen and oxygen atoms in total. The maximum Gasteiger partial charge on any atom is 0.0435 e. The Hall–Kier alpha value is -2.16. The van der Waals surface area contributed by atoms with Gasteiger partial charge in [-0.25, -0.2) is 0 Å². The van der Waals surface area contributed by atoms with Crippen LogP contribution in [-0.4, -0.2) is 0 Å². The van der Waals surface area contributed by atoms with E-state index in [1.54, 1.807) is 11.3 Å². The minimum Gasteiger partial charge on any atom is -0.144 e. The minimum atomic E-state index is 1.28. The molecular formula is C20H14S2. The Morgan fingerprint density at radius 1 is 0.591 bits per heavy atom. The van der Waals surface area contributed by atoms with Gasteiger partial charge in [0.1, 0.15) is 0 Å². The Morgan fingerprint density at radius 3 is 1.91 bits per heavy atom. The number of thiophene rings is 2.